The zero-order valence-electron chi connectivity index (χ0n) is 16.1. The predicted molar refractivity (Wildman–Crippen MR) is 120 cm³/mol. The second kappa shape index (κ2) is 9.79. The normalized spacial score (nSPS) is 11.4. The summed E-state index contributed by atoms with van der Waals surface area (Å²) in [5.41, 5.74) is 3.00. The maximum Gasteiger partial charge on any atom is 0.122 e. The van der Waals surface area contributed by atoms with Crippen LogP contribution in [0.4, 0.5) is 5.69 Å². The van der Waals surface area contributed by atoms with Gasteiger partial charge in [-0.05, 0) is 60.7 Å². The summed E-state index contributed by atoms with van der Waals surface area (Å²) in [5.74, 6) is 1.26. The van der Waals surface area contributed by atoms with E-state index in [4.69, 9.17) is 32.7 Å². The third-order valence-corrected chi connectivity index (χ3v) is 5.73. The van der Waals surface area contributed by atoms with Crippen LogP contribution < -0.4 is 9.46 Å². The molecule has 0 aliphatic rings. The molecule has 0 atom stereocenters. The lowest BCUT2D eigenvalue weighted by Crippen LogP contribution is -2.08. The Bertz CT molecular complexity index is 944. The highest BCUT2D eigenvalue weighted by Crippen LogP contribution is 2.37. The van der Waals surface area contributed by atoms with Crippen LogP contribution in [0.5, 0.6) is 5.75 Å². The number of nitrogens with one attached hydrogen (secondary N) is 2. The fourth-order valence-corrected chi connectivity index (χ4v) is 4.17. The fourth-order valence-electron chi connectivity index (χ4n) is 2.89. The minimum atomic E-state index is 0.354. The Balaban J connectivity index is 1.74. The average molecular weight is 439 g/mol. The van der Waals surface area contributed by atoms with Crippen molar-refractivity contribution in [2.45, 2.75) is 31.6 Å². The standard InChI is InChI=1S/C21H24Cl2N2O2S/c1-4-26-9-10-27-19-8-5-14(11-15(19)13(2)3)28-25-18-7-6-16(22)20-17(23)12-24-21(18)20/h5-8,11-13,24-25H,4,9-10H2,1-3H3. The van der Waals surface area contributed by atoms with Crippen molar-refractivity contribution >= 4 is 51.7 Å². The van der Waals surface area contributed by atoms with Gasteiger partial charge in [-0.2, -0.15) is 0 Å². The third-order valence-electron chi connectivity index (χ3n) is 4.31. The van der Waals surface area contributed by atoms with Crippen molar-refractivity contribution in [2.24, 2.45) is 0 Å². The quantitative estimate of drug-likeness (QED) is 0.275. The van der Waals surface area contributed by atoms with E-state index in [2.05, 4.69) is 29.6 Å². The average Bonchev–Trinajstić information content (AvgIpc) is 3.08. The van der Waals surface area contributed by atoms with E-state index in [1.165, 1.54) is 17.5 Å². The molecular weight excluding hydrogens is 415 g/mol. The highest BCUT2D eigenvalue weighted by Gasteiger charge is 2.12. The van der Waals surface area contributed by atoms with Crippen molar-refractivity contribution in [3.63, 3.8) is 0 Å². The van der Waals surface area contributed by atoms with Gasteiger partial charge in [0.05, 0.1) is 27.9 Å². The van der Waals surface area contributed by atoms with Gasteiger partial charge in [0.15, 0.2) is 0 Å². The molecule has 4 nitrogen and oxygen atoms in total. The molecule has 28 heavy (non-hydrogen) atoms. The minimum Gasteiger partial charge on any atom is -0.491 e. The van der Waals surface area contributed by atoms with Crippen LogP contribution in [-0.4, -0.2) is 24.8 Å². The summed E-state index contributed by atoms with van der Waals surface area (Å²) in [6.45, 7) is 8.15. The lowest BCUT2D eigenvalue weighted by atomic mass is 10.0. The zero-order valence-corrected chi connectivity index (χ0v) is 18.5. The highest BCUT2D eigenvalue weighted by molar-refractivity contribution is 8.00. The maximum absolute atomic E-state index is 6.27. The Morgan fingerprint density at radius 1 is 1.11 bits per heavy atom. The SMILES string of the molecule is CCOCCOc1ccc(SNc2ccc(Cl)c3c(Cl)c[nH]c23)cc1C(C)C. The van der Waals surface area contributed by atoms with E-state index in [1.54, 1.807) is 6.20 Å². The molecule has 0 radical (unpaired) electrons. The number of hydrogen-bond donors (Lipinski definition) is 2. The first-order chi connectivity index (χ1) is 13.5. The van der Waals surface area contributed by atoms with E-state index in [1.807, 2.05) is 31.2 Å². The topological polar surface area (TPSA) is 46.3 Å². The Morgan fingerprint density at radius 3 is 2.68 bits per heavy atom. The molecule has 0 amide bonds. The number of rotatable bonds is 9. The van der Waals surface area contributed by atoms with Crippen molar-refractivity contribution in [3.8, 4) is 5.75 Å². The molecule has 0 aliphatic carbocycles. The molecule has 150 valence electrons. The van der Waals surface area contributed by atoms with Crippen molar-refractivity contribution in [1.29, 1.82) is 0 Å². The van der Waals surface area contributed by atoms with Crippen molar-refractivity contribution in [2.75, 3.05) is 24.5 Å². The minimum absolute atomic E-state index is 0.354. The van der Waals surface area contributed by atoms with Gasteiger partial charge in [0, 0.05) is 23.1 Å². The molecular formula is C21H24Cl2N2O2S. The van der Waals surface area contributed by atoms with Gasteiger partial charge < -0.3 is 19.2 Å². The summed E-state index contributed by atoms with van der Waals surface area (Å²) in [5, 5.41) is 2.08. The number of aromatic nitrogens is 1. The fraction of sp³-hybridized carbons (Fsp3) is 0.333. The monoisotopic (exact) mass is 438 g/mol. The number of benzene rings is 2. The van der Waals surface area contributed by atoms with Gasteiger partial charge in [0.25, 0.3) is 0 Å². The molecule has 0 saturated carbocycles. The van der Waals surface area contributed by atoms with Crippen molar-refractivity contribution in [3.05, 3.63) is 52.1 Å². The van der Waals surface area contributed by atoms with E-state index >= 15 is 0 Å². The van der Waals surface area contributed by atoms with Gasteiger partial charge in [-0.3, -0.25) is 0 Å². The van der Waals surface area contributed by atoms with E-state index in [-0.39, 0.29) is 0 Å². The number of fused-ring (bicyclic) bond motifs is 1. The molecule has 2 aromatic carbocycles. The summed E-state index contributed by atoms with van der Waals surface area (Å²) in [7, 11) is 0. The van der Waals surface area contributed by atoms with Gasteiger partial charge in [0.1, 0.15) is 12.4 Å². The molecule has 0 fully saturated rings. The van der Waals surface area contributed by atoms with Crippen molar-refractivity contribution in [1.82, 2.24) is 4.98 Å². The first-order valence-corrected chi connectivity index (χ1v) is 10.8. The summed E-state index contributed by atoms with van der Waals surface area (Å²) in [6, 6.07) is 10.0. The molecule has 0 spiro atoms. The maximum atomic E-state index is 6.27. The molecule has 0 bridgehead atoms. The van der Waals surface area contributed by atoms with Crippen LogP contribution in [0.1, 0.15) is 32.3 Å². The van der Waals surface area contributed by atoms with Gasteiger partial charge in [0.2, 0.25) is 0 Å². The predicted octanol–water partition coefficient (Wildman–Crippen LogP) is 7.13. The Labute approximate surface area is 180 Å². The number of hydrogen-bond acceptors (Lipinski definition) is 4. The Morgan fingerprint density at radius 2 is 1.93 bits per heavy atom. The largest absolute Gasteiger partial charge is 0.491 e. The summed E-state index contributed by atoms with van der Waals surface area (Å²) in [4.78, 5) is 4.28. The van der Waals surface area contributed by atoms with Gasteiger partial charge in [-0.25, -0.2) is 0 Å². The number of aromatic amines is 1. The van der Waals surface area contributed by atoms with E-state index in [9.17, 15) is 0 Å². The van der Waals surface area contributed by atoms with Crippen LogP contribution in [-0.2, 0) is 4.74 Å². The number of ether oxygens (including phenoxy) is 2. The Kier molecular flexibility index (Phi) is 7.41. The number of halogens is 2. The van der Waals surface area contributed by atoms with Gasteiger partial charge in [-0.1, -0.05) is 37.0 Å². The lowest BCUT2D eigenvalue weighted by Gasteiger charge is -2.16. The Hall–Kier alpha value is -1.53. The smallest absolute Gasteiger partial charge is 0.122 e. The molecule has 0 aliphatic heterocycles. The van der Waals surface area contributed by atoms with Crippen LogP contribution in [0.15, 0.2) is 41.4 Å². The second-order valence-corrected chi connectivity index (χ2v) is 8.28. The van der Waals surface area contributed by atoms with E-state index in [0.29, 0.717) is 35.8 Å². The van der Waals surface area contributed by atoms with Crippen LogP contribution in [0, 0.1) is 0 Å². The number of H-pyrrole nitrogens is 1. The van der Waals surface area contributed by atoms with Gasteiger partial charge in [-0.15, -0.1) is 0 Å². The summed E-state index contributed by atoms with van der Waals surface area (Å²) < 4.78 is 14.7. The third kappa shape index (κ3) is 4.90. The van der Waals surface area contributed by atoms with Crippen LogP contribution in [0.2, 0.25) is 10.0 Å². The molecule has 7 heteroatoms. The molecule has 2 N–H and O–H groups in total. The van der Waals surface area contributed by atoms with E-state index < -0.39 is 0 Å². The first kappa shape index (κ1) is 21.2. The van der Waals surface area contributed by atoms with Crippen LogP contribution in [0.3, 0.4) is 0 Å². The highest BCUT2D eigenvalue weighted by atomic mass is 35.5. The molecule has 3 rings (SSSR count). The second-order valence-electron chi connectivity index (χ2n) is 6.59. The molecule has 3 aromatic rings. The zero-order chi connectivity index (χ0) is 20.1. The molecule has 1 heterocycles. The van der Waals surface area contributed by atoms with Gasteiger partial charge >= 0.3 is 0 Å². The first-order valence-electron chi connectivity index (χ1n) is 9.23. The number of anilines is 1. The lowest BCUT2D eigenvalue weighted by molar-refractivity contribution is 0.109. The molecule has 0 unspecified atom stereocenters. The van der Waals surface area contributed by atoms with Crippen molar-refractivity contribution < 1.29 is 9.47 Å². The summed E-state index contributed by atoms with van der Waals surface area (Å²) in [6.07, 6.45) is 1.75. The van der Waals surface area contributed by atoms with E-state index in [0.717, 1.165) is 27.2 Å². The molecule has 1 aromatic heterocycles. The molecule has 0 saturated heterocycles. The van der Waals surface area contributed by atoms with Crippen LogP contribution >= 0.6 is 35.1 Å². The van der Waals surface area contributed by atoms with Crippen LogP contribution in [0.25, 0.3) is 10.9 Å². The summed E-state index contributed by atoms with van der Waals surface area (Å²) >= 11 is 14.0.